The number of rotatable bonds is 7. The first-order valence-corrected chi connectivity index (χ1v) is 8.06. The Kier molecular flexibility index (Phi) is 6.52. The second-order valence-electron chi connectivity index (χ2n) is 5.94. The van der Waals surface area contributed by atoms with Crippen molar-refractivity contribution in [1.82, 2.24) is 5.32 Å². The lowest BCUT2D eigenvalue weighted by atomic mass is 9.97. The zero-order valence-corrected chi connectivity index (χ0v) is 14.0. The standard InChI is InChI=1S/C18H24N2O4/c1-3-16(21)20-15-6-4-14(5-7-15)17(22)19-10-13-24-18(2)8-11-23-12-9-18/h3-7H,1,8-13H2,2H3,(H,19,22)(H,20,21). The van der Waals surface area contributed by atoms with Crippen molar-refractivity contribution in [3.8, 4) is 0 Å². The first kappa shape index (κ1) is 18.2. The van der Waals surface area contributed by atoms with Crippen molar-refractivity contribution in [2.45, 2.75) is 25.4 Å². The van der Waals surface area contributed by atoms with Crippen LogP contribution in [0.4, 0.5) is 5.69 Å². The van der Waals surface area contributed by atoms with Crippen molar-refractivity contribution in [3.63, 3.8) is 0 Å². The minimum atomic E-state index is -0.286. The van der Waals surface area contributed by atoms with Gasteiger partial charge in [-0.15, -0.1) is 0 Å². The van der Waals surface area contributed by atoms with E-state index in [1.807, 2.05) is 0 Å². The number of hydrogen-bond acceptors (Lipinski definition) is 4. The molecule has 1 heterocycles. The summed E-state index contributed by atoms with van der Waals surface area (Å²) in [6.07, 6.45) is 2.94. The average Bonchev–Trinajstić information content (AvgIpc) is 2.59. The van der Waals surface area contributed by atoms with E-state index in [1.165, 1.54) is 6.08 Å². The van der Waals surface area contributed by atoms with Crippen LogP contribution in [0, 0.1) is 0 Å². The van der Waals surface area contributed by atoms with Crippen molar-refractivity contribution < 1.29 is 19.1 Å². The fourth-order valence-corrected chi connectivity index (χ4v) is 2.41. The predicted molar refractivity (Wildman–Crippen MR) is 92.0 cm³/mol. The molecule has 1 aromatic rings. The Morgan fingerprint density at radius 2 is 1.96 bits per heavy atom. The number of benzene rings is 1. The van der Waals surface area contributed by atoms with Gasteiger partial charge in [0.2, 0.25) is 5.91 Å². The minimum absolute atomic E-state index is 0.159. The number of nitrogens with one attached hydrogen (secondary N) is 2. The van der Waals surface area contributed by atoms with Crippen LogP contribution >= 0.6 is 0 Å². The van der Waals surface area contributed by atoms with Crippen molar-refractivity contribution >= 4 is 17.5 Å². The lowest BCUT2D eigenvalue weighted by Crippen LogP contribution is -2.38. The van der Waals surface area contributed by atoms with Gasteiger partial charge in [-0.1, -0.05) is 6.58 Å². The van der Waals surface area contributed by atoms with Crippen molar-refractivity contribution in [2.75, 3.05) is 31.7 Å². The number of amides is 2. The van der Waals surface area contributed by atoms with Crippen LogP contribution in [0.2, 0.25) is 0 Å². The summed E-state index contributed by atoms with van der Waals surface area (Å²) < 4.78 is 11.2. The van der Waals surface area contributed by atoms with E-state index in [0.29, 0.717) is 24.4 Å². The largest absolute Gasteiger partial charge is 0.381 e. The van der Waals surface area contributed by atoms with E-state index < -0.39 is 0 Å². The van der Waals surface area contributed by atoms with Gasteiger partial charge in [-0.2, -0.15) is 0 Å². The molecule has 0 aromatic heterocycles. The molecule has 2 amide bonds. The van der Waals surface area contributed by atoms with Crippen molar-refractivity contribution in [1.29, 1.82) is 0 Å². The quantitative estimate of drug-likeness (QED) is 0.592. The van der Waals surface area contributed by atoms with Crippen molar-refractivity contribution in [2.24, 2.45) is 0 Å². The van der Waals surface area contributed by atoms with Gasteiger partial charge >= 0.3 is 0 Å². The molecule has 1 saturated heterocycles. The molecule has 1 aliphatic heterocycles. The van der Waals surface area contributed by atoms with E-state index in [2.05, 4.69) is 24.1 Å². The topological polar surface area (TPSA) is 76.7 Å². The molecule has 130 valence electrons. The van der Waals surface area contributed by atoms with Crippen LogP contribution in [0.5, 0.6) is 0 Å². The lowest BCUT2D eigenvalue weighted by Gasteiger charge is -2.33. The maximum absolute atomic E-state index is 12.1. The van der Waals surface area contributed by atoms with Crippen LogP contribution in [0.25, 0.3) is 0 Å². The smallest absolute Gasteiger partial charge is 0.251 e. The molecule has 1 fully saturated rings. The van der Waals surface area contributed by atoms with Gasteiger partial charge in [-0.3, -0.25) is 9.59 Å². The molecule has 2 N–H and O–H groups in total. The molecule has 0 saturated carbocycles. The van der Waals surface area contributed by atoms with E-state index >= 15 is 0 Å². The second kappa shape index (κ2) is 8.61. The summed E-state index contributed by atoms with van der Waals surface area (Å²) in [6.45, 7) is 7.82. The second-order valence-corrected chi connectivity index (χ2v) is 5.94. The summed E-state index contributed by atoms with van der Waals surface area (Å²) in [4.78, 5) is 23.3. The molecular formula is C18H24N2O4. The molecule has 0 aliphatic carbocycles. The Morgan fingerprint density at radius 3 is 2.58 bits per heavy atom. The van der Waals surface area contributed by atoms with Crippen LogP contribution in [0.3, 0.4) is 0 Å². The average molecular weight is 332 g/mol. The molecule has 0 spiro atoms. The zero-order chi connectivity index (χ0) is 17.4. The summed E-state index contributed by atoms with van der Waals surface area (Å²) in [7, 11) is 0. The molecule has 0 radical (unpaired) electrons. The third-order valence-electron chi connectivity index (χ3n) is 3.99. The van der Waals surface area contributed by atoms with Crippen LogP contribution < -0.4 is 10.6 Å². The first-order chi connectivity index (χ1) is 11.5. The number of hydrogen-bond donors (Lipinski definition) is 2. The Hall–Kier alpha value is -2.18. The third-order valence-corrected chi connectivity index (χ3v) is 3.99. The molecule has 1 aromatic carbocycles. The van der Waals surface area contributed by atoms with Gasteiger partial charge in [-0.25, -0.2) is 0 Å². The van der Waals surface area contributed by atoms with Gasteiger partial charge < -0.3 is 20.1 Å². The maximum Gasteiger partial charge on any atom is 0.251 e. The van der Waals surface area contributed by atoms with Gasteiger partial charge in [-0.05, 0) is 50.1 Å². The Labute approximate surface area is 142 Å². The van der Waals surface area contributed by atoms with Gasteiger partial charge in [0.05, 0.1) is 12.2 Å². The van der Waals surface area contributed by atoms with Gasteiger partial charge in [0.25, 0.3) is 5.91 Å². The molecular weight excluding hydrogens is 308 g/mol. The summed E-state index contributed by atoms with van der Waals surface area (Å²) in [5.74, 6) is -0.455. The monoisotopic (exact) mass is 332 g/mol. The van der Waals surface area contributed by atoms with Crippen LogP contribution in [0.1, 0.15) is 30.1 Å². The van der Waals surface area contributed by atoms with Gasteiger partial charge in [0.1, 0.15) is 0 Å². The Morgan fingerprint density at radius 1 is 1.29 bits per heavy atom. The van der Waals surface area contributed by atoms with E-state index in [9.17, 15) is 9.59 Å². The molecule has 6 heteroatoms. The molecule has 6 nitrogen and oxygen atoms in total. The minimum Gasteiger partial charge on any atom is -0.381 e. The highest BCUT2D eigenvalue weighted by atomic mass is 16.5. The van der Waals surface area contributed by atoms with E-state index in [4.69, 9.17) is 9.47 Å². The zero-order valence-electron chi connectivity index (χ0n) is 14.0. The Balaban J connectivity index is 1.74. The molecule has 0 bridgehead atoms. The van der Waals surface area contributed by atoms with Gasteiger partial charge in [0.15, 0.2) is 0 Å². The molecule has 0 atom stereocenters. The normalized spacial score (nSPS) is 16.2. The highest BCUT2D eigenvalue weighted by Gasteiger charge is 2.27. The summed E-state index contributed by atoms with van der Waals surface area (Å²) >= 11 is 0. The molecule has 24 heavy (non-hydrogen) atoms. The Bertz CT molecular complexity index is 577. The summed E-state index contributed by atoms with van der Waals surface area (Å²) in [5, 5.41) is 5.46. The molecule has 2 rings (SSSR count). The van der Waals surface area contributed by atoms with Crippen LogP contribution in [-0.2, 0) is 14.3 Å². The van der Waals surface area contributed by atoms with Crippen molar-refractivity contribution in [3.05, 3.63) is 42.5 Å². The fraction of sp³-hybridized carbons (Fsp3) is 0.444. The first-order valence-electron chi connectivity index (χ1n) is 8.06. The highest BCUT2D eigenvalue weighted by Crippen LogP contribution is 2.23. The summed E-state index contributed by atoms with van der Waals surface area (Å²) in [5.41, 5.74) is 0.990. The number of ether oxygens (including phenoxy) is 2. The van der Waals surface area contributed by atoms with Gasteiger partial charge in [0, 0.05) is 31.0 Å². The highest BCUT2D eigenvalue weighted by molar-refractivity contribution is 5.99. The fourth-order valence-electron chi connectivity index (χ4n) is 2.41. The van der Waals surface area contributed by atoms with E-state index in [1.54, 1.807) is 24.3 Å². The third kappa shape index (κ3) is 5.47. The summed E-state index contributed by atoms with van der Waals surface area (Å²) in [6, 6.07) is 6.68. The number of anilines is 1. The maximum atomic E-state index is 12.1. The SMILES string of the molecule is C=CC(=O)Nc1ccc(C(=O)NCCOC2(C)CCOCC2)cc1. The number of carbonyl (C=O) groups excluding carboxylic acids is 2. The van der Waals surface area contributed by atoms with E-state index in [0.717, 1.165) is 26.1 Å². The molecule has 1 aliphatic rings. The van der Waals surface area contributed by atoms with E-state index in [-0.39, 0.29) is 17.4 Å². The lowest BCUT2D eigenvalue weighted by molar-refractivity contribution is -0.111. The van der Waals surface area contributed by atoms with Crippen LogP contribution in [0.15, 0.2) is 36.9 Å². The predicted octanol–water partition coefficient (Wildman–Crippen LogP) is 2.13. The van der Waals surface area contributed by atoms with Crippen LogP contribution in [-0.4, -0.2) is 43.8 Å². The number of carbonyl (C=O) groups is 2. The molecule has 0 unspecified atom stereocenters.